The lowest BCUT2D eigenvalue weighted by molar-refractivity contribution is 0.101. The van der Waals surface area contributed by atoms with Crippen molar-refractivity contribution in [1.82, 2.24) is 0 Å². The van der Waals surface area contributed by atoms with E-state index < -0.39 is 25.6 Å². The maximum Gasteiger partial charge on any atom is 0.191 e. The summed E-state index contributed by atoms with van der Waals surface area (Å²) in [7, 11) is -3.51. The molecule has 1 rings (SSSR count). The molecule has 0 aliphatic heterocycles. The first-order valence-electron chi connectivity index (χ1n) is 4.54. The van der Waals surface area contributed by atoms with Crippen molar-refractivity contribution in [2.24, 2.45) is 0 Å². The van der Waals surface area contributed by atoms with Crippen LogP contribution in [0, 0.1) is 5.82 Å². The highest BCUT2D eigenvalue weighted by Crippen LogP contribution is 2.17. The zero-order valence-electron chi connectivity index (χ0n) is 8.48. The predicted molar refractivity (Wildman–Crippen MR) is 62.9 cm³/mol. The molecule has 0 bridgehead atoms. The second-order valence-corrected chi connectivity index (χ2v) is 7.04. The van der Waals surface area contributed by atoms with Gasteiger partial charge in [0.15, 0.2) is 19.8 Å². The van der Waals surface area contributed by atoms with E-state index in [0.717, 1.165) is 6.07 Å². The van der Waals surface area contributed by atoms with Crippen LogP contribution in [0.25, 0.3) is 0 Å². The molecule has 0 fully saturated rings. The summed E-state index contributed by atoms with van der Waals surface area (Å²) in [5.74, 6) is -1.37. The van der Waals surface area contributed by atoms with Gasteiger partial charge in [0.2, 0.25) is 0 Å². The Morgan fingerprint density at radius 1 is 1.50 bits per heavy atom. The molecule has 0 unspecified atom stereocenters. The highest BCUT2D eigenvalue weighted by atomic mass is 79.9. The van der Waals surface area contributed by atoms with E-state index in [0.29, 0.717) is 0 Å². The van der Waals surface area contributed by atoms with Crippen LogP contribution in [0.1, 0.15) is 17.3 Å². The summed E-state index contributed by atoms with van der Waals surface area (Å²) in [6.45, 7) is 1.45. The van der Waals surface area contributed by atoms with E-state index in [1.54, 1.807) is 0 Å². The highest BCUT2D eigenvalue weighted by Gasteiger charge is 2.29. The Kier molecular flexibility index (Phi) is 4.21. The zero-order valence-corrected chi connectivity index (χ0v) is 10.9. The smallest absolute Gasteiger partial charge is 0.191 e. The number of rotatable bonds is 4. The minimum absolute atomic E-state index is 0.0406. The van der Waals surface area contributed by atoms with Crippen LogP contribution in [0.3, 0.4) is 0 Å². The number of sulfone groups is 1. The van der Waals surface area contributed by atoms with Gasteiger partial charge in [0.1, 0.15) is 5.82 Å². The monoisotopic (exact) mass is 308 g/mol. The fourth-order valence-corrected chi connectivity index (χ4v) is 2.89. The molecule has 0 aromatic heterocycles. The number of alkyl halides is 1. The van der Waals surface area contributed by atoms with Gasteiger partial charge in [-0.1, -0.05) is 35.0 Å². The van der Waals surface area contributed by atoms with Crippen LogP contribution in [0.5, 0.6) is 0 Å². The van der Waals surface area contributed by atoms with Crippen LogP contribution < -0.4 is 0 Å². The first kappa shape index (κ1) is 13.3. The van der Waals surface area contributed by atoms with Crippen molar-refractivity contribution in [3.8, 4) is 0 Å². The van der Waals surface area contributed by atoms with Gasteiger partial charge >= 0.3 is 0 Å². The number of carbonyl (C=O) groups excluding carboxylic acids is 1. The van der Waals surface area contributed by atoms with E-state index in [1.165, 1.54) is 25.1 Å². The second-order valence-electron chi connectivity index (χ2n) is 3.14. The number of Topliss-reactive ketones (excluding diaryl/α,β-unsaturated/α-hetero) is 1. The van der Waals surface area contributed by atoms with Gasteiger partial charge in [0, 0.05) is 11.3 Å². The quantitative estimate of drug-likeness (QED) is 0.632. The van der Waals surface area contributed by atoms with Crippen molar-refractivity contribution >= 4 is 31.6 Å². The summed E-state index contributed by atoms with van der Waals surface area (Å²) >= 11 is 2.83. The molecule has 6 heteroatoms. The standard InChI is InChI=1S/C10H10BrFO3S/c1-2-16(14,15)10(11)9(13)7-4-3-5-8(12)6-7/h3-6,10H,2H2,1H3/t10-/m1/s1. The Bertz CT molecular complexity index is 499. The van der Waals surface area contributed by atoms with Gasteiger partial charge in [0.05, 0.1) is 0 Å². The van der Waals surface area contributed by atoms with Crippen LogP contribution >= 0.6 is 15.9 Å². The lowest BCUT2D eigenvalue weighted by Crippen LogP contribution is -2.26. The molecule has 88 valence electrons. The molecule has 0 amide bonds. The molecular weight excluding hydrogens is 299 g/mol. The summed E-state index contributed by atoms with van der Waals surface area (Å²) < 4.78 is 34.4. The molecule has 0 saturated carbocycles. The van der Waals surface area contributed by atoms with Crippen LogP contribution in [0.15, 0.2) is 24.3 Å². The summed E-state index contributed by atoms with van der Waals surface area (Å²) in [4.78, 5) is 11.7. The Balaban J connectivity index is 3.04. The second kappa shape index (κ2) is 5.05. The highest BCUT2D eigenvalue weighted by molar-refractivity contribution is 9.11. The Morgan fingerprint density at radius 3 is 2.62 bits per heavy atom. The molecule has 0 spiro atoms. The van der Waals surface area contributed by atoms with Gasteiger partial charge in [0.25, 0.3) is 0 Å². The van der Waals surface area contributed by atoms with Crippen LogP contribution in [0.2, 0.25) is 0 Å². The van der Waals surface area contributed by atoms with Crippen molar-refractivity contribution in [2.45, 2.75) is 11.1 Å². The van der Waals surface area contributed by atoms with Gasteiger partial charge in [-0.15, -0.1) is 0 Å². The molecule has 1 atom stereocenters. The molecule has 0 radical (unpaired) electrons. The number of ketones is 1. The van der Waals surface area contributed by atoms with E-state index >= 15 is 0 Å². The van der Waals surface area contributed by atoms with Crippen LogP contribution in [-0.2, 0) is 9.84 Å². The van der Waals surface area contributed by atoms with E-state index in [4.69, 9.17) is 0 Å². The molecule has 16 heavy (non-hydrogen) atoms. The summed E-state index contributed by atoms with van der Waals surface area (Å²) in [6, 6.07) is 4.95. The van der Waals surface area contributed by atoms with Crippen molar-refractivity contribution < 1.29 is 17.6 Å². The minimum Gasteiger partial charge on any atom is -0.292 e. The third-order valence-electron chi connectivity index (χ3n) is 2.03. The summed E-state index contributed by atoms with van der Waals surface area (Å²) in [6.07, 6.45) is 0. The van der Waals surface area contributed by atoms with Crippen molar-refractivity contribution in [3.63, 3.8) is 0 Å². The van der Waals surface area contributed by atoms with E-state index in [2.05, 4.69) is 15.9 Å². The summed E-state index contributed by atoms with van der Waals surface area (Å²) in [5, 5.41) is 0. The molecule has 1 aromatic carbocycles. The molecule has 0 aliphatic carbocycles. The average molecular weight is 309 g/mol. The number of carbonyl (C=O) groups is 1. The Hall–Kier alpha value is -0.750. The normalized spacial score (nSPS) is 13.4. The lowest BCUT2D eigenvalue weighted by atomic mass is 10.1. The average Bonchev–Trinajstić information content (AvgIpc) is 2.27. The van der Waals surface area contributed by atoms with Crippen molar-refractivity contribution in [3.05, 3.63) is 35.6 Å². The maximum absolute atomic E-state index is 12.9. The largest absolute Gasteiger partial charge is 0.292 e. The molecular formula is C10H10BrFO3S. The van der Waals surface area contributed by atoms with Gasteiger partial charge < -0.3 is 0 Å². The fourth-order valence-electron chi connectivity index (χ4n) is 1.08. The molecule has 0 aliphatic rings. The number of benzene rings is 1. The number of hydrogen-bond donors (Lipinski definition) is 0. The number of hydrogen-bond acceptors (Lipinski definition) is 3. The van der Waals surface area contributed by atoms with Gasteiger partial charge in [-0.2, -0.15) is 0 Å². The SMILES string of the molecule is CCS(=O)(=O)[C@@H](Br)C(=O)c1cccc(F)c1. The van der Waals surface area contributed by atoms with Gasteiger partial charge in [-0.25, -0.2) is 12.8 Å². The topological polar surface area (TPSA) is 51.2 Å². The number of halogens is 2. The van der Waals surface area contributed by atoms with E-state index in [1.807, 2.05) is 0 Å². The fraction of sp³-hybridized carbons (Fsp3) is 0.300. The van der Waals surface area contributed by atoms with Crippen LogP contribution in [-0.4, -0.2) is 24.1 Å². The van der Waals surface area contributed by atoms with Crippen molar-refractivity contribution in [1.29, 1.82) is 0 Å². The first-order valence-corrected chi connectivity index (χ1v) is 7.17. The first-order chi connectivity index (χ1) is 7.38. The predicted octanol–water partition coefficient (Wildman–Crippen LogP) is 2.16. The van der Waals surface area contributed by atoms with Gasteiger partial charge in [-0.05, 0) is 12.1 Å². The van der Waals surface area contributed by atoms with E-state index in [9.17, 15) is 17.6 Å². The Morgan fingerprint density at radius 2 is 2.12 bits per heavy atom. The molecule has 3 nitrogen and oxygen atoms in total. The third kappa shape index (κ3) is 2.89. The minimum atomic E-state index is -3.51. The Labute approximate surface area is 102 Å². The maximum atomic E-state index is 12.9. The van der Waals surface area contributed by atoms with E-state index in [-0.39, 0.29) is 11.3 Å². The zero-order chi connectivity index (χ0) is 12.3. The van der Waals surface area contributed by atoms with Crippen molar-refractivity contribution in [2.75, 3.05) is 5.75 Å². The molecule has 0 heterocycles. The lowest BCUT2D eigenvalue weighted by Gasteiger charge is -2.08. The van der Waals surface area contributed by atoms with Gasteiger partial charge in [-0.3, -0.25) is 4.79 Å². The third-order valence-corrected chi connectivity index (χ3v) is 5.81. The summed E-state index contributed by atoms with van der Waals surface area (Å²) in [5.41, 5.74) is 0.0406. The van der Waals surface area contributed by atoms with Crippen LogP contribution in [0.4, 0.5) is 4.39 Å². The molecule has 0 N–H and O–H groups in total. The molecule has 1 aromatic rings. The molecule has 0 saturated heterocycles.